The molecular formula is C32H43NO4. The van der Waals surface area contributed by atoms with Crippen molar-refractivity contribution in [3.05, 3.63) is 23.3 Å². The number of nitrogens with zero attached hydrogens (tertiary/aromatic N) is 1. The lowest BCUT2D eigenvalue weighted by molar-refractivity contribution is -0.177. The number of carbonyl (C=O) groups excluding carboxylic acids is 2. The second-order valence-corrected chi connectivity index (χ2v) is 15.2. The molecule has 5 aliphatic carbocycles. The Labute approximate surface area is 221 Å². The molecule has 5 heteroatoms. The Kier molecular flexibility index (Phi) is 5.47. The van der Waals surface area contributed by atoms with Gasteiger partial charge in [0.25, 0.3) is 0 Å². The van der Waals surface area contributed by atoms with Crippen LogP contribution in [0.3, 0.4) is 0 Å². The number of carboxylic acids is 1. The highest BCUT2D eigenvalue weighted by molar-refractivity contribution is 6.04. The van der Waals surface area contributed by atoms with E-state index >= 15 is 0 Å². The molecule has 5 nitrogen and oxygen atoms in total. The second kappa shape index (κ2) is 7.67. The molecule has 7 atom stereocenters. The maximum atomic E-state index is 14.3. The predicted octanol–water partition coefficient (Wildman–Crippen LogP) is 6.68. The summed E-state index contributed by atoms with van der Waals surface area (Å²) in [4.78, 5) is 39.6. The third-order valence-electron chi connectivity index (χ3n) is 12.5. The molecule has 0 bridgehead atoms. The highest BCUT2D eigenvalue weighted by Crippen LogP contribution is 2.74. The number of Topliss-reactive ketones (excluding diaryl/α,β-unsaturated/α-hetero) is 1. The van der Waals surface area contributed by atoms with E-state index in [1.54, 1.807) is 0 Å². The fourth-order valence-electron chi connectivity index (χ4n) is 10.3. The lowest BCUT2D eigenvalue weighted by Crippen LogP contribution is -2.65. The Hall–Kier alpha value is -2.22. The molecule has 3 fully saturated rings. The third kappa shape index (κ3) is 3.29. The Balaban J connectivity index is 1.69. The summed E-state index contributed by atoms with van der Waals surface area (Å²) in [5, 5.41) is 19.8. The number of ketones is 2. The van der Waals surface area contributed by atoms with Gasteiger partial charge in [-0.05, 0) is 84.5 Å². The first-order chi connectivity index (χ1) is 17.0. The van der Waals surface area contributed by atoms with Crippen molar-refractivity contribution >= 4 is 17.5 Å². The average Bonchev–Trinajstić information content (AvgIpc) is 2.78. The van der Waals surface area contributed by atoms with Crippen LogP contribution < -0.4 is 0 Å². The Bertz CT molecular complexity index is 1200. The van der Waals surface area contributed by atoms with Crippen LogP contribution in [0.4, 0.5) is 0 Å². The van der Waals surface area contributed by atoms with Crippen LogP contribution in [0.25, 0.3) is 0 Å². The Morgan fingerprint density at radius 2 is 1.68 bits per heavy atom. The van der Waals surface area contributed by atoms with Crippen LogP contribution >= 0.6 is 0 Å². The van der Waals surface area contributed by atoms with Gasteiger partial charge in [0.2, 0.25) is 0 Å². The average molecular weight is 506 g/mol. The molecule has 0 aromatic carbocycles. The van der Waals surface area contributed by atoms with Gasteiger partial charge in [-0.2, -0.15) is 5.26 Å². The maximum Gasteiger partial charge on any atom is 0.303 e. The number of carbonyl (C=O) groups is 3. The SMILES string of the molecule is CC1(C)CC[C@]2(CC(=O)O)CC[C@]3(C)[C@H](C(=O)C=C4[C@@]5(C)C=C(C#N)C(=O)C(C)(C)C5CC[C@]43C)[C@@H]2C1. The van der Waals surface area contributed by atoms with Gasteiger partial charge >= 0.3 is 5.97 Å². The molecule has 0 radical (unpaired) electrons. The molecule has 3 saturated carbocycles. The van der Waals surface area contributed by atoms with Crippen LogP contribution in [0.2, 0.25) is 0 Å². The quantitative estimate of drug-likeness (QED) is 0.451. The molecule has 0 spiro atoms. The van der Waals surface area contributed by atoms with E-state index in [1.807, 2.05) is 26.0 Å². The van der Waals surface area contributed by atoms with Gasteiger partial charge in [0.1, 0.15) is 6.07 Å². The number of aliphatic carboxylic acids is 1. The van der Waals surface area contributed by atoms with Gasteiger partial charge in [0.05, 0.1) is 12.0 Å². The minimum atomic E-state index is -0.754. The molecule has 0 heterocycles. The monoisotopic (exact) mass is 505 g/mol. The number of nitriles is 1. The molecule has 0 aromatic heterocycles. The third-order valence-corrected chi connectivity index (χ3v) is 12.5. The minimum absolute atomic E-state index is 0.0279. The highest BCUT2D eigenvalue weighted by atomic mass is 16.4. The molecule has 5 rings (SSSR count). The van der Waals surface area contributed by atoms with E-state index in [-0.39, 0.29) is 63.0 Å². The molecule has 0 aliphatic heterocycles. The number of rotatable bonds is 2. The fraction of sp³-hybridized carbons (Fsp3) is 0.750. The molecule has 200 valence electrons. The molecular weight excluding hydrogens is 462 g/mol. The predicted molar refractivity (Wildman–Crippen MR) is 141 cm³/mol. The van der Waals surface area contributed by atoms with Gasteiger partial charge in [-0.3, -0.25) is 14.4 Å². The summed E-state index contributed by atoms with van der Waals surface area (Å²) in [6.45, 7) is 15.2. The number of hydrogen-bond acceptors (Lipinski definition) is 4. The number of fused-ring (bicyclic) bond motifs is 7. The normalized spacial score (nSPS) is 45.7. The second-order valence-electron chi connectivity index (χ2n) is 15.2. The van der Waals surface area contributed by atoms with Gasteiger partial charge in [-0.25, -0.2) is 0 Å². The molecule has 0 saturated heterocycles. The van der Waals surface area contributed by atoms with E-state index in [9.17, 15) is 24.8 Å². The van der Waals surface area contributed by atoms with Crippen molar-refractivity contribution in [2.45, 2.75) is 99.8 Å². The van der Waals surface area contributed by atoms with Crippen molar-refractivity contribution in [1.82, 2.24) is 0 Å². The number of allylic oxidation sites excluding steroid dienone is 4. The topological polar surface area (TPSA) is 95.2 Å². The summed E-state index contributed by atoms with van der Waals surface area (Å²) in [5.74, 6) is -0.834. The first kappa shape index (κ1) is 26.4. The number of carboxylic acid groups (broad SMARTS) is 1. The van der Waals surface area contributed by atoms with E-state index in [0.717, 1.165) is 50.5 Å². The molecule has 0 aromatic rings. The summed E-state index contributed by atoms with van der Waals surface area (Å²) >= 11 is 0. The fourth-order valence-corrected chi connectivity index (χ4v) is 10.3. The summed E-state index contributed by atoms with van der Waals surface area (Å²) in [7, 11) is 0. The Morgan fingerprint density at radius 1 is 1.03 bits per heavy atom. The van der Waals surface area contributed by atoms with Crippen molar-refractivity contribution in [3.63, 3.8) is 0 Å². The van der Waals surface area contributed by atoms with Crippen LogP contribution in [0.5, 0.6) is 0 Å². The zero-order valence-electron chi connectivity index (χ0n) is 23.7. The van der Waals surface area contributed by atoms with E-state index in [4.69, 9.17) is 0 Å². The van der Waals surface area contributed by atoms with Crippen molar-refractivity contribution in [2.75, 3.05) is 0 Å². The van der Waals surface area contributed by atoms with Crippen LogP contribution in [-0.2, 0) is 14.4 Å². The standard InChI is InChI=1S/C32H43NO4/c1-27(2)10-12-32(17-24(35)36)13-11-31(7)25(20(32)16-27)21(34)14-23-29(5)15-19(18-33)26(37)28(3,4)22(29)8-9-30(23,31)6/h14-15,20,22,25H,8-13,16-17H2,1-7H3,(H,35,36)/t20-,22?,25-,29-,30+,31+,32+/m0/s1. The van der Waals surface area contributed by atoms with Gasteiger partial charge in [0.15, 0.2) is 11.6 Å². The van der Waals surface area contributed by atoms with Crippen LogP contribution in [-0.4, -0.2) is 22.6 Å². The molecule has 1 N–H and O–H groups in total. The summed E-state index contributed by atoms with van der Waals surface area (Å²) in [5.41, 5.74) is -0.708. The van der Waals surface area contributed by atoms with Gasteiger partial charge in [-0.1, -0.05) is 60.1 Å². The molecule has 1 unspecified atom stereocenters. The van der Waals surface area contributed by atoms with E-state index < -0.39 is 16.8 Å². The molecule has 0 amide bonds. The molecule has 37 heavy (non-hydrogen) atoms. The van der Waals surface area contributed by atoms with Crippen LogP contribution in [0, 0.1) is 61.6 Å². The van der Waals surface area contributed by atoms with Gasteiger partial charge in [-0.15, -0.1) is 0 Å². The summed E-state index contributed by atoms with van der Waals surface area (Å²) in [6.07, 6.45) is 10.1. The summed E-state index contributed by atoms with van der Waals surface area (Å²) < 4.78 is 0. The molecule has 5 aliphatic rings. The lowest BCUT2D eigenvalue weighted by atomic mass is 9.34. The van der Waals surface area contributed by atoms with E-state index in [1.165, 1.54) is 0 Å². The largest absolute Gasteiger partial charge is 0.481 e. The van der Waals surface area contributed by atoms with Crippen LogP contribution in [0.15, 0.2) is 23.3 Å². The van der Waals surface area contributed by atoms with Gasteiger partial charge in [0, 0.05) is 16.7 Å². The van der Waals surface area contributed by atoms with Gasteiger partial charge < -0.3 is 5.11 Å². The first-order valence-corrected chi connectivity index (χ1v) is 14.1. The minimum Gasteiger partial charge on any atom is -0.481 e. The summed E-state index contributed by atoms with van der Waals surface area (Å²) in [6, 6.07) is 2.17. The zero-order valence-corrected chi connectivity index (χ0v) is 23.7. The van der Waals surface area contributed by atoms with Crippen molar-refractivity contribution in [3.8, 4) is 6.07 Å². The van der Waals surface area contributed by atoms with Crippen molar-refractivity contribution in [1.29, 1.82) is 5.26 Å². The van der Waals surface area contributed by atoms with Crippen molar-refractivity contribution < 1.29 is 19.5 Å². The van der Waals surface area contributed by atoms with E-state index in [2.05, 4.69) is 40.7 Å². The lowest BCUT2D eigenvalue weighted by Gasteiger charge is -2.69. The Morgan fingerprint density at radius 3 is 2.30 bits per heavy atom. The highest BCUT2D eigenvalue weighted by Gasteiger charge is 2.69. The maximum absolute atomic E-state index is 14.3. The van der Waals surface area contributed by atoms with E-state index in [0.29, 0.717) is 0 Å². The zero-order chi connectivity index (χ0) is 27.4. The number of hydrogen-bond donors (Lipinski definition) is 1. The van der Waals surface area contributed by atoms with Crippen LogP contribution in [0.1, 0.15) is 99.8 Å². The smallest absolute Gasteiger partial charge is 0.303 e. The first-order valence-electron chi connectivity index (χ1n) is 14.1. The van der Waals surface area contributed by atoms with Crippen molar-refractivity contribution in [2.24, 2.45) is 50.2 Å².